The predicted octanol–water partition coefficient (Wildman–Crippen LogP) is 2.58. The fourth-order valence-electron chi connectivity index (χ4n) is 2.79. The number of rotatable bonds is 9. The molecule has 0 bridgehead atoms. The van der Waals surface area contributed by atoms with Crippen molar-refractivity contribution in [1.29, 1.82) is 0 Å². The summed E-state index contributed by atoms with van der Waals surface area (Å²) in [5.41, 5.74) is 0.929. The van der Waals surface area contributed by atoms with Crippen LogP contribution in [-0.4, -0.2) is 50.0 Å². The number of amides is 1. The highest BCUT2D eigenvalue weighted by Gasteiger charge is 2.28. The Labute approximate surface area is 159 Å². The first-order valence-corrected chi connectivity index (χ1v) is 11.7. The molecule has 0 spiro atoms. The van der Waals surface area contributed by atoms with Crippen LogP contribution in [0.2, 0.25) is 0 Å². The Bertz CT molecular complexity index is 720. The summed E-state index contributed by atoms with van der Waals surface area (Å²) < 4.78 is 34.1. The van der Waals surface area contributed by atoms with Gasteiger partial charge < -0.3 is 14.8 Å². The maximum absolute atomic E-state index is 12.2. The minimum atomic E-state index is -2.91. The molecule has 6 nitrogen and oxygen atoms in total. The number of sulfone groups is 1. The van der Waals surface area contributed by atoms with Crippen molar-refractivity contribution >= 4 is 27.5 Å². The lowest BCUT2D eigenvalue weighted by atomic mass is 10.1. The molecule has 0 unspecified atom stereocenters. The number of carbonyl (C=O) groups excluding carboxylic acids is 1. The molecular weight excluding hydrogens is 374 g/mol. The van der Waals surface area contributed by atoms with Crippen molar-refractivity contribution in [2.45, 2.75) is 38.5 Å². The summed E-state index contributed by atoms with van der Waals surface area (Å²) in [7, 11) is -2.91. The van der Waals surface area contributed by atoms with Gasteiger partial charge in [-0.25, -0.2) is 8.42 Å². The standard InChI is InChI=1S/C18H27NO5S2/c1-4-23-16-7-6-14(10-17(16)24-5-2)13(3)19-18(20)11-25-15-8-9-26(21,22)12-15/h6-7,10,13,15H,4-5,8-9,11-12H2,1-3H3,(H,19,20)/t13-,15-/m0/s1. The van der Waals surface area contributed by atoms with E-state index in [4.69, 9.17) is 9.47 Å². The lowest BCUT2D eigenvalue weighted by Crippen LogP contribution is -2.29. The number of hydrogen-bond donors (Lipinski definition) is 1. The number of hydrogen-bond acceptors (Lipinski definition) is 6. The summed E-state index contributed by atoms with van der Waals surface area (Å²) in [6, 6.07) is 5.47. The zero-order chi connectivity index (χ0) is 19.2. The molecule has 1 heterocycles. The fraction of sp³-hybridized carbons (Fsp3) is 0.611. The van der Waals surface area contributed by atoms with E-state index in [0.717, 1.165) is 5.56 Å². The predicted molar refractivity (Wildman–Crippen MR) is 105 cm³/mol. The van der Waals surface area contributed by atoms with Gasteiger partial charge in [-0.05, 0) is 44.9 Å². The molecule has 1 aromatic carbocycles. The van der Waals surface area contributed by atoms with Gasteiger partial charge in [-0.2, -0.15) is 0 Å². The largest absolute Gasteiger partial charge is 0.490 e. The van der Waals surface area contributed by atoms with Crippen LogP contribution in [0.3, 0.4) is 0 Å². The van der Waals surface area contributed by atoms with Crippen molar-refractivity contribution in [1.82, 2.24) is 5.32 Å². The molecule has 0 radical (unpaired) electrons. The van der Waals surface area contributed by atoms with E-state index in [0.29, 0.717) is 31.1 Å². The SMILES string of the molecule is CCOc1ccc([C@H](C)NC(=O)CS[C@H]2CCS(=O)(=O)C2)cc1OCC. The second-order valence-electron chi connectivity index (χ2n) is 6.20. The van der Waals surface area contributed by atoms with Crippen molar-refractivity contribution in [3.63, 3.8) is 0 Å². The minimum Gasteiger partial charge on any atom is -0.490 e. The molecule has 2 rings (SSSR count). The van der Waals surface area contributed by atoms with Crippen LogP contribution in [-0.2, 0) is 14.6 Å². The van der Waals surface area contributed by atoms with E-state index in [1.807, 2.05) is 39.0 Å². The van der Waals surface area contributed by atoms with Crippen LogP contribution in [0.5, 0.6) is 11.5 Å². The third kappa shape index (κ3) is 6.09. The molecule has 2 atom stereocenters. The Morgan fingerprint density at radius 3 is 2.58 bits per heavy atom. The smallest absolute Gasteiger partial charge is 0.230 e. The average Bonchev–Trinajstić information content (AvgIpc) is 2.94. The third-order valence-corrected chi connectivity index (χ3v) is 7.37. The van der Waals surface area contributed by atoms with Crippen molar-refractivity contribution in [3.8, 4) is 11.5 Å². The van der Waals surface area contributed by atoms with Gasteiger partial charge in [0.25, 0.3) is 0 Å². The lowest BCUT2D eigenvalue weighted by Gasteiger charge is -2.18. The summed E-state index contributed by atoms with van der Waals surface area (Å²) in [6.07, 6.45) is 0.631. The van der Waals surface area contributed by atoms with Crippen LogP contribution < -0.4 is 14.8 Å². The van der Waals surface area contributed by atoms with Gasteiger partial charge >= 0.3 is 0 Å². The second-order valence-corrected chi connectivity index (χ2v) is 9.71. The van der Waals surface area contributed by atoms with E-state index in [9.17, 15) is 13.2 Å². The molecule has 8 heteroatoms. The monoisotopic (exact) mass is 401 g/mol. The molecule has 1 aliphatic rings. The van der Waals surface area contributed by atoms with Gasteiger partial charge in [0.2, 0.25) is 5.91 Å². The van der Waals surface area contributed by atoms with E-state index in [1.165, 1.54) is 11.8 Å². The Morgan fingerprint density at radius 1 is 1.27 bits per heavy atom. The molecule has 0 saturated carbocycles. The average molecular weight is 402 g/mol. The zero-order valence-corrected chi connectivity index (χ0v) is 17.1. The highest BCUT2D eigenvalue weighted by Crippen LogP contribution is 2.31. The van der Waals surface area contributed by atoms with Crippen LogP contribution >= 0.6 is 11.8 Å². The van der Waals surface area contributed by atoms with E-state index in [-0.39, 0.29) is 34.5 Å². The topological polar surface area (TPSA) is 81.7 Å². The highest BCUT2D eigenvalue weighted by molar-refractivity contribution is 8.02. The quantitative estimate of drug-likeness (QED) is 0.685. The Kier molecular flexibility index (Phi) is 7.64. The number of ether oxygens (including phenoxy) is 2. The summed E-state index contributed by atoms with van der Waals surface area (Å²) in [5.74, 6) is 1.93. The van der Waals surface area contributed by atoms with Crippen molar-refractivity contribution in [3.05, 3.63) is 23.8 Å². The first kappa shape index (κ1) is 20.9. The van der Waals surface area contributed by atoms with Crippen molar-refractivity contribution < 1.29 is 22.7 Å². The molecule has 1 aliphatic heterocycles. The Balaban J connectivity index is 1.90. The summed E-state index contributed by atoms with van der Waals surface area (Å²) in [5, 5.41) is 2.98. The molecule has 26 heavy (non-hydrogen) atoms. The first-order chi connectivity index (χ1) is 12.3. The molecular formula is C18H27NO5S2. The normalized spacial score (nSPS) is 19.7. The first-order valence-electron chi connectivity index (χ1n) is 8.85. The van der Waals surface area contributed by atoms with Gasteiger partial charge in [0.1, 0.15) is 0 Å². The van der Waals surface area contributed by atoms with Gasteiger partial charge in [0, 0.05) is 5.25 Å². The van der Waals surface area contributed by atoms with Crippen LogP contribution in [0.25, 0.3) is 0 Å². The zero-order valence-electron chi connectivity index (χ0n) is 15.5. The summed E-state index contributed by atoms with van der Waals surface area (Å²) in [4.78, 5) is 12.2. The molecule has 1 amide bonds. The Hall–Kier alpha value is -1.41. The summed E-state index contributed by atoms with van der Waals surface area (Å²) >= 11 is 1.42. The molecule has 1 fully saturated rings. The highest BCUT2D eigenvalue weighted by atomic mass is 32.2. The number of thioether (sulfide) groups is 1. The molecule has 146 valence electrons. The van der Waals surface area contributed by atoms with E-state index < -0.39 is 9.84 Å². The van der Waals surface area contributed by atoms with Gasteiger partial charge in [-0.1, -0.05) is 6.07 Å². The van der Waals surface area contributed by atoms with E-state index in [1.54, 1.807) is 0 Å². The Morgan fingerprint density at radius 2 is 1.96 bits per heavy atom. The molecule has 0 aromatic heterocycles. The van der Waals surface area contributed by atoms with Crippen LogP contribution in [0.4, 0.5) is 0 Å². The van der Waals surface area contributed by atoms with Crippen LogP contribution in [0.1, 0.15) is 38.8 Å². The van der Waals surface area contributed by atoms with E-state index >= 15 is 0 Å². The molecule has 1 N–H and O–H groups in total. The van der Waals surface area contributed by atoms with Crippen LogP contribution in [0.15, 0.2) is 18.2 Å². The lowest BCUT2D eigenvalue weighted by molar-refractivity contribution is -0.119. The number of carbonyl (C=O) groups is 1. The van der Waals surface area contributed by atoms with Gasteiger partial charge in [0.05, 0.1) is 36.5 Å². The minimum absolute atomic E-state index is 0.0242. The van der Waals surface area contributed by atoms with Gasteiger partial charge in [-0.15, -0.1) is 11.8 Å². The van der Waals surface area contributed by atoms with Gasteiger partial charge in [-0.3, -0.25) is 4.79 Å². The van der Waals surface area contributed by atoms with Crippen molar-refractivity contribution in [2.24, 2.45) is 0 Å². The van der Waals surface area contributed by atoms with Crippen molar-refractivity contribution in [2.75, 3.05) is 30.5 Å². The second kappa shape index (κ2) is 9.50. The molecule has 0 aliphatic carbocycles. The number of nitrogens with one attached hydrogen (secondary N) is 1. The maximum atomic E-state index is 12.2. The third-order valence-electron chi connectivity index (χ3n) is 4.09. The summed E-state index contributed by atoms with van der Waals surface area (Å²) in [6.45, 7) is 6.83. The van der Waals surface area contributed by atoms with Crippen LogP contribution in [0, 0.1) is 0 Å². The molecule has 1 aromatic rings. The molecule has 1 saturated heterocycles. The van der Waals surface area contributed by atoms with E-state index in [2.05, 4.69) is 5.32 Å². The maximum Gasteiger partial charge on any atom is 0.230 e. The number of benzene rings is 1. The fourth-order valence-corrected chi connectivity index (χ4v) is 6.24. The van der Waals surface area contributed by atoms with Gasteiger partial charge in [0.15, 0.2) is 21.3 Å².